The smallest absolute Gasteiger partial charge is 0.161 e. The monoisotopic (exact) mass is 522 g/mol. The first-order valence-corrected chi connectivity index (χ1v) is 12.2. The zero-order valence-electron chi connectivity index (χ0n) is 20.8. The van der Waals surface area contributed by atoms with E-state index in [1.165, 1.54) is 12.8 Å². The van der Waals surface area contributed by atoms with Crippen LogP contribution in [-0.4, -0.2) is 85.5 Å². The van der Waals surface area contributed by atoms with Crippen LogP contribution in [0.2, 0.25) is 0 Å². The van der Waals surface area contributed by atoms with Gasteiger partial charge in [-0.25, -0.2) is 0 Å². The van der Waals surface area contributed by atoms with Crippen LogP contribution in [0, 0.1) is 0 Å². The molecular formula is C25H44Cl2N2O5. The molecule has 1 aromatic carbocycles. The van der Waals surface area contributed by atoms with Crippen molar-refractivity contribution in [1.29, 1.82) is 0 Å². The number of likely N-dealkylation sites (tertiary alicyclic amines) is 1. The van der Waals surface area contributed by atoms with Gasteiger partial charge in [-0.1, -0.05) is 32.8 Å². The van der Waals surface area contributed by atoms with E-state index in [9.17, 15) is 10.2 Å². The number of nitrogens with zero attached hydrogens (tertiary/aromatic N) is 1. The molecule has 4 atom stereocenters. The van der Waals surface area contributed by atoms with E-state index >= 15 is 0 Å². The molecule has 198 valence electrons. The molecule has 7 nitrogen and oxygen atoms in total. The maximum atomic E-state index is 10.1. The Balaban J connectivity index is 0.00000289. The van der Waals surface area contributed by atoms with Gasteiger partial charge in [-0.05, 0) is 43.4 Å². The second kappa shape index (κ2) is 16.0. The first-order chi connectivity index (χ1) is 15.5. The van der Waals surface area contributed by atoms with Crippen LogP contribution in [0.3, 0.4) is 0 Å². The van der Waals surface area contributed by atoms with Gasteiger partial charge in [-0.3, -0.25) is 4.90 Å². The standard InChI is InChI=1S/C25H42N2O5.2ClH/c1-18(2)26-15-21(29)17-32-24-9-8-19(14-25(24)30-3)11-13-31-23-7-5-4-6-22(23)27-12-10-20(28)16-27;;/h8-9,14,18,20-23,26,28-29H,4-7,10-13,15-17H2,1-3H3;2*1H/t20-,21?,22+,23+;;/m1../s1. The minimum absolute atomic E-state index is 0. The molecule has 2 aliphatic rings. The quantitative estimate of drug-likeness (QED) is 0.388. The van der Waals surface area contributed by atoms with Crippen molar-refractivity contribution < 1.29 is 24.4 Å². The summed E-state index contributed by atoms with van der Waals surface area (Å²) in [6.07, 6.45) is 5.91. The van der Waals surface area contributed by atoms with E-state index in [2.05, 4.69) is 10.2 Å². The molecule has 2 fully saturated rings. The van der Waals surface area contributed by atoms with Crippen LogP contribution < -0.4 is 14.8 Å². The van der Waals surface area contributed by atoms with Crippen molar-refractivity contribution >= 4 is 24.8 Å². The number of halogens is 2. The highest BCUT2D eigenvalue weighted by molar-refractivity contribution is 5.85. The van der Waals surface area contributed by atoms with Crippen molar-refractivity contribution in [3.8, 4) is 11.5 Å². The number of benzene rings is 1. The van der Waals surface area contributed by atoms with Gasteiger partial charge in [0.15, 0.2) is 11.5 Å². The molecule has 1 saturated heterocycles. The lowest BCUT2D eigenvalue weighted by atomic mass is 9.91. The fraction of sp³-hybridized carbons (Fsp3) is 0.760. The maximum Gasteiger partial charge on any atom is 0.161 e. The number of β-amino-alcohol motifs (C(OH)–C–C–N with tert-alkyl or cyclic N) is 1. The van der Waals surface area contributed by atoms with Crippen molar-refractivity contribution in [3.05, 3.63) is 23.8 Å². The van der Waals surface area contributed by atoms with Crippen molar-refractivity contribution in [3.63, 3.8) is 0 Å². The molecule has 34 heavy (non-hydrogen) atoms. The molecule has 1 aromatic rings. The van der Waals surface area contributed by atoms with Gasteiger partial charge in [0, 0.05) is 31.7 Å². The summed E-state index contributed by atoms with van der Waals surface area (Å²) in [5, 5.41) is 23.2. The highest BCUT2D eigenvalue weighted by Gasteiger charge is 2.34. The van der Waals surface area contributed by atoms with E-state index in [-0.39, 0.29) is 43.6 Å². The Hall–Kier alpha value is -0.800. The molecule has 1 unspecified atom stereocenters. The number of hydrogen-bond donors (Lipinski definition) is 3. The second-order valence-electron chi connectivity index (χ2n) is 9.46. The van der Waals surface area contributed by atoms with Crippen LogP contribution in [0.5, 0.6) is 11.5 Å². The molecular weight excluding hydrogens is 479 g/mol. The first-order valence-electron chi connectivity index (χ1n) is 12.2. The highest BCUT2D eigenvalue weighted by atomic mass is 35.5. The third-order valence-electron chi connectivity index (χ3n) is 6.48. The van der Waals surface area contributed by atoms with Crippen LogP contribution >= 0.6 is 24.8 Å². The van der Waals surface area contributed by atoms with E-state index in [0.29, 0.717) is 36.7 Å². The van der Waals surface area contributed by atoms with Gasteiger partial charge >= 0.3 is 0 Å². The summed E-state index contributed by atoms with van der Waals surface area (Å²) in [6.45, 7) is 7.23. The highest BCUT2D eigenvalue weighted by Crippen LogP contribution is 2.30. The normalized spacial score (nSPS) is 23.8. The van der Waals surface area contributed by atoms with Crippen molar-refractivity contribution in [2.45, 2.75) is 82.8 Å². The maximum absolute atomic E-state index is 10.1. The summed E-state index contributed by atoms with van der Waals surface area (Å²) in [6, 6.07) is 6.70. The average Bonchev–Trinajstić information content (AvgIpc) is 3.23. The number of aliphatic hydroxyl groups excluding tert-OH is 2. The molecule has 1 heterocycles. The lowest BCUT2D eigenvalue weighted by Crippen LogP contribution is -2.46. The lowest BCUT2D eigenvalue weighted by molar-refractivity contribution is -0.0316. The van der Waals surface area contributed by atoms with E-state index in [4.69, 9.17) is 14.2 Å². The summed E-state index contributed by atoms with van der Waals surface area (Å²) < 4.78 is 17.6. The molecule has 0 radical (unpaired) electrons. The Morgan fingerprint density at radius 2 is 1.88 bits per heavy atom. The molecule has 1 aliphatic carbocycles. The zero-order valence-corrected chi connectivity index (χ0v) is 22.4. The summed E-state index contributed by atoms with van der Waals surface area (Å²) in [4.78, 5) is 2.43. The summed E-state index contributed by atoms with van der Waals surface area (Å²) >= 11 is 0. The van der Waals surface area contributed by atoms with Crippen molar-refractivity contribution in [1.82, 2.24) is 10.2 Å². The minimum Gasteiger partial charge on any atom is -0.493 e. The fourth-order valence-corrected chi connectivity index (χ4v) is 4.69. The van der Waals surface area contributed by atoms with Crippen molar-refractivity contribution in [2.75, 3.05) is 40.0 Å². The largest absolute Gasteiger partial charge is 0.493 e. The summed E-state index contributed by atoms with van der Waals surface area (Å²) in [5.41, 5.74) is 1.14. The molecule has 3 rings (SSSR count). The van der Waals surface area contributed by atoms with Crippen LogP contribution in [0.25, 0.3) is 0 Å². The third-order valence-corrected chi connectivity index (χ3v) is 6.48. The van der Waals surface area contributed by atoms with Gasteiger partial charge in [0.1, 0.15) is 12.7 Å². The number of hydrogen-bond acceptors (Lipinski definition) is 7. The van der Waals surface area contributed by atoms with E-state index in [0.717, 1.165) is 44.3 Å². The van der Waals surface area contributed by atoms with Crippen LogP contribution in [-0.2, 0) is 11.2 Å². The predicted octanol–water partition coefficient (Wildman–Crippen LogP) is 3.21. The number of methoxy groups -OCH3 is 1. The number of rotatable bonds is 12. The summed E-state index contributed by atoms with van der Waals surface area (Å²) in [5.74, 6) is 1.31. The van der Waals surface area contributed by atoms with Crippen LogP contribution in [0.15, 0.2) is 18.2 Å². The topological polar surface area (TPSA) is 83.4 Å². The minimum atomic E-state index is -0.574. The third kappa shape index (κ3) is 9.69. The molecule has 0 bridgehead atoms. The molecule has 0 amide bonds. The Kier molecular flexibility index (Phi) is 14.7. The zero-order chi connectivity index (χ0) is 22.9. The number of nitrogens with one attached hydrogen (secondary N) is 1. The Labute approximate surface area is 217 Å². The number of ether oxygens (including phenoxy) is 3. The van der Waals surface area contributed by atoms with Gasteiger partial charge in [0.05, 0.1) is 25.9 Å². The van der Waals surface area contributed by atoms with Crippen LogP contribution in [0.1, 0.15) is 51.5 Å². The molecule has 1 saturated carbocycles. The SMILES string of the molecule is COc1cc(CCO[C@H]2CCCC[C@@H]2N2CC[C@@H](O)C2)ccc1OCC(O)CNC(C)C.Cl.Cl. The second-order valence-corrected chi connectivity index (χ2v) is 9.46. The molecule has 0 aromatic heterocycles. The molecule has 0 spiro atoms. The fourth-order valence-electron chi connectivity index (χ4n) is 4.69. The number of aliphatic hydroxyl groups is 2. The first kappa shape index (κ1) is 31.2. The average molecular weight is 524 g/mol. The van der Waals surface area contributed by atoms with Gasteiger partial charge in [0.25, 0.3) is 0 Å². The molecule has 9 heteroatoms. The summed E-state index contributed by atoms with van der Waals surface area (Å²) in [7, 11) is 1.64. The van der Waals surface area contributed by atoms with Crippen LogP contribution in [0.4, 0.5) is 0 Å². The van der Waals surface area contributed by atoms with Gasteiger partial charge in [-0.2, -0.15) is 0 Å². The Morgan fingerprint density at radius 3 is 2.56 bits per heavy atom. The molecule has 3 N–H and O–H groups in total. The van der Waals surface area contributed by atoms with Gasteiger partial charge < -0.3 is 29.7 Å². The van der Waals surface area contributed by atoms with E-state index in [1.807, 2.05) is 32.0 Å². The Bertz CT molecular complexity index is 697. The van der Waals surface area contributed by atoms with Gasteiger partial charge in [0.2, 0.25) is 0 Å². The predicted molar refractivity (Wildman–Crippen MR) is 140 cm³/mol. The van der Waals surface area contributed by atoms with Gasteiger partial charge in [-0.15, -0.1) is 24.8 Å². The van der Waals surface area contributed by atoms with Crippen molar-refractivity contribution in [2.24, 2.45) is 0 Å². The van der Waals surface area contributed by atoms with E-state index in [1.54, 1.807) is 7.11 Å². The van der Waals surface area contributed by atoms with E-state index < -0.39 is 6.10 Å². The Morgan fingerprint density at radius 1 is 1.12 bits per heavy atom. The lowest BCUT2D eigenvalue weighted by Gasteiger charge is -2.37. The molecule has 1 aliphatic heterocycles.